The molecule has 1 aliphatic rings. The number of hydrogen-bond acceptors (Lipinski definition) is 4. The predicted octanol–water partition coefficient (Wildman–Crippen LogP) is 5.40. The van der Waals surface area contributed by atoms with Gasteiger partial charge < -0.3 is 20.0 Å². The zero-order valence-corrected chi connectivity index (χ0v) is 22.2. The number of rotatable bonds is 9. The van der Waals surface area contributed by atoms with Crippen molar-refractivity contribution in [1.29, 1.82) is 0 Å². The summed E-state index contributed by atoms with van der Waals surface area (Å²) in [6.07, 6.45) is 0.943. The van der Waals surface area contributed by atoms with Crippen molar-refractivity contribution in [2.75, 3.05) is 49.5 Å². The highest BCUT2D eigenvalue weighted by atomic mass is 16.2. The fourth-order valence-electron chi connectivity index (χ4n) is 4.66. The molecule has 3 aromatic rings. The van der Waals surface area contributed by atoms with Crippen molar-refractivity contribution >= 4 is 17.5 Å². The molecular formula is C29H40N6O. The molecule has 1 fully saturated rings. The smallest absolute Gasteiger partial charge is 0.322 e. The molecule has 0 radical (unpaired) electrons. The van der Waals surface area contributed by atoms with Crippen molar-refractivity contribution in [3.63, 3.8) is 0 Å². The summed E-state index contributed by atoms with van der Waals surface area (Å²) in [6, 6.07) is 19.9. The molecule has 1 N–H and O–H groups in total. The van der Waals surface area contributed by atoms with Crippen LogP contribution in [0.2, 0.25) is 0 Å². The highest BCUT2D eigenvalue weighted by molar-refractivity contribution is 5.89. The molecule has 192 valence electrons. The van der Waals surface area contributed by atoms with Gasteiger partial charge in [0.1, 0.15) is 5.82 Å². The SMILES string of the molecule is CCN1CCN(c2c(CN(CCC(C)C)C(=O)Nc3ccccc3)c(C)nn2-c2ccccc2)CC1. The van der Waals surface area contributed by atoms with Crippen molar-refractivity contribution in [3.8, 4) is 5.69 Å². The average molecular weight is 489 g/mol. The lowest BCUT2D eigenvalue weighted by Crippen LogP contribution is -2.47. The normalized spacial score (nSPS) is 14.3. The van der Waals surface area contributed by atoms with Crippen LogP contribution in [0.3, 0.4) is 0 Å². The summed E-state index contributed by atoms with van der Waals surface area (Å²) in [5.74, 6) is 1.61. The molecule has 4 rings (SSSR count). The van der Waals surface area contributed by atoms with E-state index in [2.05, 4.69) is 59.6 Å². The Hall–Kier alpha value is -3.32. The second kappa shape index (κ2) is 12.1. The third-order valence-corrected chi connectivity index (χ3v) is 6.91. The molecular weight excluding hydrogens is 448 g/mol. The molecule has 2 amide bonds. The summed E-state index contributed by atoms with van der Waals surface area (Å²) in [6.45, 7) is 14.9. The van der Waals surface area contributed by atoms with Crippen molar-refractivity contribution in [1.82, 2.24) is 19.6 Å². The molecule has 0 atom stereocenters. The fourth-order valence-corrected chi connectivity index (χ4v) is 4.66. The van der Waals surface area contributed by atoms with E-state index < -0.39 is 0 Å². The minimum absolute atomic E-state index is 0.0736. The maximum Gasteiger partial charge on any atom is 0.322 e. The number of hydrogen-bond donors (Lipinski definition) is 1. The summed E-state index contributed by atoms with van der Waals surface area (Å²) in [7, 11) is 0. The number of likely N-dealkylation sites (N-methyl/N-ethyl adjacent to an activating group) is 1. The van der Waals surface area contributed by atoms with Crippen LogP contribution in [0, 0.1) is 12.8 Å². The number of aromatic nitrogens is 2. The van der Waals surface area contributed by atoms with Crippen LogP contribution >= 0.6 is 0 Å². The van der Waals surface area contributed by atoms with Crippen molar-refractivity contribution in [2.24, 2.45) is 5.92 Å². The molecule has 2 aromatic carbocycles. The van der Waals surface area contributed by atoms with Gasteiger partial charge in [0.25, 0.3) is 0 Å². The van der Waals surface area contributed by atoms with Gasteiger partial charge in [-0.1, -0.05) is 57.2 Å². The van der Waals surface area contributed by atoms with E-state index in [-0.39, 0.29) is 6.03 Å². The molecule has 0 saturated carbocycles. The Labute approximate surface area is 215 Å². The number of nitrogens with zero attached hydrogens (tertiary/aromatic N) is 5. The zero-order chi connectivity index (χ0) is 25.5. The summed E-state index contributed by atoms with van der Waals surface area (Å²) < 4.78 is 2.07. The standard InChI is InChI=1S/C29H40N6O/c1-5-32-18-20-33(21-19-32)28-27(24(4)31-35(28)26-14-10-7-11-15-26)22-34(17-16-23(2)3)29(36)30-25-12-8-6-9-13-25/h6-15,23H,5,16-22H2,1-4H3,(H,30,36). The quantitative estimate of drug-likeness (QED) is 0.438. The number of urea groups is 1. The molecule has 0 spiro atoms. The van der Waals surface area contributed by atoms with Crippen LogP contribution in [0.1, 0.15) is 38.4 Å². The van der Waals surface area contributed by atoms with E-state index in [9.17, 15) is 4.79 Å². The van der Waals surface area contributed by atoms with Gasteiger partial charge in [-0.3, -0.25) is 0 Å². The highest BCUT2D eigenvalue weighted by Crippen LogP contribution is 2.30. The average Bonchev–Trinajstić information content (AvgIpc) is 3.23. The first-order chi connectivity index (χ1) is 17.5. The molecule has 1 aliphatic heterocycles. The number of piperazine rings is 1. The first-order valence-corrected chi connectivity index (χ1v) is 13.2. The molecule has 0 bridgehead atoms. The van der Waals surface area contributed by atoms with Gasteiger partial charge in [0.15, 0.2) is 0 Å². The Bertz CT molecular complexity index is 1100. The van der Waals surface area contributed by atoms with Crippen LogP contribution in [0.15, 0.2) is 60.7 Å². The number of amides is 2. The van der Waals surface area contributed by atoms with Crippen LogP contribution < -0.4 is 10.2 Å². The number of para-hydroxylation sites is 2. The van der Waals surface area contributed by atoms with Gasteiger partial charge in [0, 0.05) is 44.0 Å². The van der Waals surface area contributed by atoms with Gasteiger partial charge in [-0.2, -0.15) is 5.10 Å². The zero-order valence-electron chi connectivity index (χ0n) is 22.2. The molecule has 36 heavy (non-hydrogen) atoms. The van der Waals surface area contributed by atoms with Crippen LogP contribution in [0.5, 0.6) is 0 Å². The largest absolute Gasteiger partial charge is 0.354 e. The Balaban J connectivity index is 1.67. The van der Waals surface area contributed by atoms with Crippen molar-refractivity contribution < 1.29 is 4.79 Å². The van der Waals surface area contributed by atoms with E-state index in [0.29, 0.717) is 19.0 Å². The van der Waals surface area contributed by atoms with Crippen LogP contribution in [-0.2, 0) is 6.54 Å². The minimum Gasteiger partial charge on any atom is -0.354 e. The summed E-state index contributed by atoms with van der Waals surface area (Å²) >= 11 is 0. The molecule has 2 heterocycles. The van der Waals surface area contributed by atoms with Gasteiger partial charge in [0.05, 0.1) is 17.9 Å². The number of aryl methyl sites for hydroxylation is 1. The van der Waals surface area contributed by atoms with Gasteiger partial charge in [-0.15, -0.1) is 0 Å². The second-order valence-corrected chi connectivity index (χ2v) is 9.96. The number of anilines is 2. The molecule has 7 nitrogen and oxygen atoms in total. The Morgan fingerprint density at radius 3 is 2.25 bits per heavy atom. The monoisotopic (exact) mass is 488 g/mol. The predicted molar refractivity (Wildman–Crippen MR) is 148 cm³/mol. The number of benzene rings is 2. The van der Waals surface area contributed by atoms with Gasteiger partial charge in [-0.25, -0.2) is 9.48 Å². The summed E-state index contributed by atoms with van der Waals surface area (Å²) in [5, 5.41) is 8.09. The summed E-state index contributed by atoms with van der Waals surface area (Å²) in [4.78, 5) is 20.3. The van der Waals surface area contributed by atoms with Crippen LogP contribution in [-0.4, -0.2) is 64.9 Å². The lowest BCUT2D eigenvalue weighted by atomic mass is 10.1. The lowest BCUT2D eigenvalue weighted by Gasteiger charge is -2.36. The Morgan fingerprint density at radius 1 is 1.00 bits per heavy atom. The third-order valence-electron chi connectivity index (χ3n) is 6.91. The van der Waals surface area contributed by atoms with E-state index in [4.69, 9.17) is 5.10 Å². The van der Waals surface area contributed by atoms with Crippen LogP contribution in [0.4, 0.5) is 16.3 Å². The third kappa shape index (κ3) is 6.26. The lowest BCUT2D eigenvalue weighted by molar-refractivity contribution is 0.205. The van der Waals surface area contributed by atoms with E-state index in [1.54, 1.807) is 0 Å². The number of nitrogens with one attached hydrogen (secondary N) is 1. The Morgan fingerprint density at radius 2 is 1.64 bits per heavy atom. The van der Waals surface area contributed by atoms with Gasteiger partial charge in [-0.05, 0) is 50.1 Å². The van der Waals surface area contributed by atoms with Crippen molar-refractivity contribution in [3.05, 3.63) is 71.9 Å². The molecule has 7 heteroatoms. The van der Waals surface area contributed by atoms with Crippen molar-refractivity contribution in [2.45, 2.75) is 40.7 Å². The maximum atomic E-state index is 13.5. The molecule has 1 saturated heterocycles. The number of carbonyl (C=O) groups is 1. The molecule has 0 unspecified atom stereocenters. The first-order valence-electron chi connectivity index (χ1n) is 13.2. The second-order valence-electron chi connectivity index (χ2n) is 9.96. The fraction of sp³-hybridized carbons (Fsp3) is 0.448. The summed E-state index contributed by atoms with van der Waals surface area (Å²) in [5.41, 5.74) is 3.94. The molecule has 0 aliphatic carbocycles. The van der Waals surface area contributed by atoms with Gasteiger partial charge >= 0.3 is 6.03 Å². The topological polar surface area (TPSA) is 56.6 Å². The van der Waals surface area contributed by atoms with E-state index >= 15 is 0 Å². The molecule has 1 aromatic heterocycles. The maximum absolute atomic E-state index is 13.5. The van der Waals surface area contributed by atoms with E-state index in [1.165, 1.54) is 0 Å². The van der Waals surface area contributed by atoms with E-state index in [1.807, 2.05) is 53.4 Å². The van der Waals surface area contributed by atoms with Crippen LogP contribution in [0.25, 0.3) is 5.69 Å². The highest BCUT2D eigenvalue weighted by Gasteiger charge is 2.27. The van der Waals surface area contributed by atoms with E-state index in [0.717, 1.165) is 67.6 Å². The first kappa shape index (κ1) is 25.8. The van der Waals surface area contributed by atoms with Gasteiger partial charge in [0.2, 0.25) is 0 Å². The Kier molecular flexibility index (Phi) is 8.65. The number of carbonyl (C=O) groups excluding carboxylic acids is 1. The minimum atomic E-state index is -0.0736.